The molecule has 1 saturated heterocycles. The summed E-state index contributed by atoms with van der Waals surface area (Å²) in [6.45, 7) is 2.46. The lowest BCUT2D eigenvalue weighted by Crippen LogP contribution is -2.30. The van der Waals surface area contributed by atoms with Gasteiger partial charge in [-0.1, -0.05) is 95.5 Å². The van der Waals surface area contributed by atoms with Crippen molar-refractivity contribution in [2.45, 2.75) is 20.1 Å². The summed E-state index contributed by atoms with van der Waals surface area (Å²) < 4.78 is 5.99. The summed E-state index contributed by atoms with van der Waals surface area (Å²) >= 11 is 13.0. The molecule has 0 saturated carbocycles. The van der Waals surface area contributed by atoms with E-state index in [0.29, 0.717) is 28.0 Å². The number of halogens is 2. The van der Waals surface area contributed by atoms with E-state index in [1.54, 1.807) is 18.2 Å². The van der Waals surface area contributed by atoms with Gasteiger partial charge in [-0.05, 0) is 52.6 Å². The molecular formula is C29H22Cl2N2O3. The Kier molecular flexibility index (Phi) is 6.68. The van der Waals surface area contributed by atoms with Crippen LogP contribution in [0.5, 0.6) is 5.75 Å². The minimum Gasteiger partial charge on any atom is -0.486 e. The summed E-state index contributed by atoms with van der Waals surface area (Å²) in [6, 6.07) is 24.6. The van der Waals surface area contributed by atoms with Crippen molar-refractivity contribution in [3.8, 4) is 5.75 Å². The quantitative estimate of drug-likeness (QED) is 0.219. The maximum atomic E-state index is 12.9. The third kappa shape index (κ3) is 4.94. The molecule has 0 bridgehead atoms. The van der Waals surface area contributed by atoms with E-state index in [9.17, 15) is 9.59 Å². The Balaban J connectivity index is 1.33. The first-order valence-corrected chi connectivity index (χ1v) is 12.1. The molecule has 4 aromatic rings. The maximum Gasteiger partial charge on any atom is 0.329 e. The molecule has 5 nitrogen and oxygen atoms in total. The second-order valence-corrected chi connectivity index (χ2v) is 9.42. The second-order valence-electron chi connectivity index (χ2n) is 8.61. The predicted molar refractivity (Wildman–Crippen MR) is 143 cm³/mol. The molecule has 0 spiro atoms. The second kappa shape index (κ2) is 10.1. The van der Waals surface area contributed by atoms with Gasteiger partial charge in [-0.15, -0.1) is 0 Å². The Labute approximate surface area is 218 Å². The first-order valence-electron chi connectivity index (χ1n) is 11.4. The number of ether oxygens (including phenoxy) is 1. The van der Waals surface area contributed by atoms with E-state index >= 15 is 0 Å². The van der Waals surface area contributed by atoms with Crippen LogP contribution in [0.3, 0.4) is 0 Å². The van der Waals surface area contributed by atoms with Crippen molar-refractivity contribution >= 4 is 52.0 Å². The SMILES string of the molecule is Cc1ccc(CN2C(=O)N/C(=C/c3cc(Cl)c(OCc4cccc5ccccc45)c(Cl)c3)C2=O)cc1. The van der Waals surface area contributed by atoms with Gasteiger partial charge < -0.3 is 10.1 Å². The molecule has 0 aromatic heterocycles. The van der Waals surface area contributed by atoms with E-state index < -0.39 is 11.9 Å². The van der Waals surface area contributed by atoms with Crippen molar-refractivity contribution in [2.24, 2.45) is 0 Å². The fourth-order valence-electron chi connectivity index (χ4n) is 4.13. The molecule has 0 unspecified atom stereocenters. The first-order chi connectivity index (χ1) is 17.4. The molecule has 1 aliphatic heterocycles. The number of imide groups is 1. The van der Waals surface area contributed by atoms with Gasteiger partial charge in [0.1, 0.15) is 12.3 Å². The van der Waals surface area contributed by atoms with E-state index in [1.165, 1.54) is 4.90 Å². The molecule has 1 heterocycles. The van der Waals surface area contributed by atoms with Gasteiger partial charge in [-0.2, -0.15) is 0 Å². The van der Waals surface area contributed by atoms with Gasteiger partial charge in [0.2, 0.25) is 0 Å². The lowest BCUT2D eigenvalue weighted by Gasteiger charge is -2.13. The molecule has 7 heteroatoms. The standard InChI is InChI=1S/C29H22Cl2N2O3/c1-18-9-11-19(12-10-18)16-33-28(34)26(32-29(33)35)15-20-13-24(30)27(25(31)14-20)36-17-22-7-4-6-21-5-2-3-8-23(21)22/h2-15H,16-17H2,1H3,(H,32,35)/b26-15+. The molecule has 180 valence electrons. The number of carbonyl (C=O) groups is 2. The van der Waals surface area contributed by atoms with Gasteiger partial charge >= 0.3 is 6.03 Å². The van der Waals surface area contributed by atoms with Gasteiger partial charge in [-0.25, -0.2) is 4.79 Å². The number of carbonyl (C=O) groups excluding carboxylic acids is 2. The van der Waals surface area contributed by atoms with Crippen LogP contribution >= 0.6 is 23.2 Å². The number of hydrogen-bond donors (Lipinski definition) is 1. The zero-order chi connectivity index (χ0) is 25.2. The predicted octanol–water partition coefficient (Wildman–Crippen LogP) is 7.13. The van der Waals surface area contributed by atoms with Crippen LogP contribution in [0.25, 0.3) is 16.8 Å². The van der Waals surface area contributed by atoms with Crippen LogP contribution in [-0.4, -0.2) is 16.8 Å². The zero-order valence-corrected chi connectivity index (χ0v) is 20.9. The molecular weight excluding hydrogens is 495 g/mol. The van der Waals surface area contributed by atoms with Crippen molar-refractivity contribution in [1.29, 1.82) is 0 Å². The number of amides is 3. The van der Waals surface area contributed by atoms with Crippen molar-refractivity contribution in [2.75, 3.05) is 0 Å². The van der Waals surface area contributed by atoms with Crippen molar-refractivity contribution in [1.82, 2.24) is 10.2 Å². The molecule has 36 heavy (non-hydrogen) atoms. The Morgan fingerprint density at radius 1 is 0.917 bits per heavy atom. The third-order valence-electron chi connectivity index (χ3n) is 6.01. The van der Waals surface area contributed by atoms with Gasteiger partial charge in [0.05, 0.1) is 16.6 Å². The average Bonchev–Trinajstić information content (AvgIpc) is 3.12. The van der Waals surface area contributed by atoms with Crippen LogP contribution in [-0.2, 0) is 17.9 Å². The molecule has 0 radical (unpaired) electrons. The smallest absolute Gasteiger partial charge is 0.329 e. The number of benzene rings is 4. The van der Waals surface area contributed by atoms with Crippen LogP contribution in [0.15, 0.2) is 84.6 Å². The van der Waals surface area contributed by atoms with Crippen LogP contribution in [0.1, 0.15) is 22.3 Å². The van der Waals surface area contributed by atoms with Gasteiger partial charge in [-0.3, -0.25) is 9.69 Å². The van der Waals surface area contributed by atoms with E-state index in [2.05, 4.69) is 5.32 Å². The molecule has 1 aliphatic rings. The van der Waals surface area contributed by atoms with Crippen molar-refractivity contribution in [3.63, 3.8) is 0 Å². The van der Waals surface area contributed by atoms with Crippen LogP contribution in [0, 0.1) is 6.92 Å². The van der Waals surface area contributed by atoms with Crippen molar-refractivity contribution in [3.05, 3.63) is 117 Å². The Bertz CT molecular complexity index is 1480. The molecule has 1 fully saturated rings. The molecule has 1 N–H and O–H groups in total. The van der Waals surface area contributed by atoms with E-state index in [1.807, 2.05) is 73.7 Å². The molecule has 4 aromatic carbocycles. The summed E-state index contributed by atoms with van der Waals surface area (Å²) in [5.74, 6) is -0.0553. The van der Waals surface area contributed by atoms with Crippen LogP contribution in [0.2, 0.25) is 10.0 Å². The zero-order valence-electron chi connectivity index (χ0n) is 19.4. The van der Waals surface area contributed by atoms with E-state index in [0.717, 1.165) is 27.5 Å². The monoisotopic (exact) mass is 516 g/mol. The van der Waals surface area contributed by atoms with Gasteiger partial charge in [0, 0.05) is 0 Å². The number of urea groups is 1. The fraction of sp³-hybridized carbons (Fsp3) is 0.103. The maximum absolute atomic E-state index is 12.9. The number of nitrogens with one attached hydrogen (secondary N) is 1. The fourth-order valence-corrected chi connectivity index (χ4v) is 4.74. The van der Waals surface area contributed by atoms with E-state index in [-0.39, 0.29) is 12.2 Å². The van der Waals surface area contributed by atoms with Gasteiger partial charge in [0.15, 0.2) is 5.75 Å². The minimum atomic E-state index is -0.473. The highest BCUT2D eigenvalue weighted by atomic mass is 35.5. The number of fused-ring (bicyclic) bond motifs is 1. The number of nitrogens with zero attached hydrogens (tertiary/aromatic N) is 1. The van der Waals surface area contributed by atoms with Crippen LogP contribution < -0.4 is 10.1 Å². The summed E-state index contributed by atoms with van der Waals surface area (Å²) in [5.41, 5.74) is 3.71. The normalized spacial score (nSPS) is 14.5. The lowest BCUT2D eigenvalue weighted by atomic mass is 10.1. The number of rotatable bonds is 6. The Morgan fingerprint density at radius 3 is 2.36 bits per heavy atom. The highest BCUT2D eigenvalue weighted by Gasteiger charge is 2.33. The molecule has 3 amide bonds. The lowest BCUT2D eigenvalue weighted by molar-refractivity contribution is -0.123. The minimum absolute atomic E-state index is 0.156. The first kappa shape index (κ1) is 23.9. The van der Waals surface area contributed by atoms with E-state index in [4.69, 9.17) is 27.9 Å². The molecule has 0 aliphatic carbocycles. The Morgan fingerprint density at radius 2 is 1.61 bits per heavy atom. The largest absolute Gasteiger partial charge is 0.486 e. The average molecular weight is 517 g/mol. The third-order valence-corrected chi connectivity index (χ3v) is 6.57. The summed E-state index contributed by atoms with van der Waals surface area (Å²) in [6.07, 6.45) is 1.56. The molecule has 5 rings (SSSR count). The number of hydrogen-bond acceptors (Lipinski definition) is 3. The Hall–Kier alpha value is -3.80. The highest BCUT2D eigenvalue weighted by Crippen LogP contribution is 2.36. The summed E-state index contributed by atoms with van der Waals surface area (Å²) in [4.78, 5) is 26.5. The highest BCUT2D eigenvalue weighted by molar-refractivity contribution is 6.37. The summed E-state index contributed by atoms with van der Waals surface area (Å²) in [7, 11) is 0. The summed E-state index contributed by atoms with van der Waals surface area (Å²) in [5, 5.41) is 5.47. The number of aryl methyl sites for hydroxylation is 1. The van der Waals surface area contributed by atoms with Gasteiger partial charge in [0.25, 0.3) is 5.91 Å². The topological polar surface area (TPSA) is 58.6 Å². The van der Waals surface area contributed by atoms with Crippen molar-refractivity contribution < 1.29 is 14.3 Å². The van der Waals surface area contributed by atoms with Crippen LogP contribution in [0.4, 0.5) is 4.79 Å². The molecule has 0 atom stereocenters.